The Morgan fingerprint density at radius 1 is 0.909 bits per heavy atom. The van der Waals surface area contributed by atoms with Gasteiger partial charge in [-0.15, -0.1) is 6.58 Å². The van der Waals surface area contributed by atoms with Gasteiger partial charge in [0.05, 0.1) is 22.1 Å². The van der Waals surface area contributed by atoms with Crippen LogP contribution in [0.3, 0.4) is 0 Å². The molecule has 0 spiro atoms. The molecule has 12 nitrogen and oxygen atoms in total. The number of hydrogen-bond acceptors (Lipinski definition) is 7. The van der Waals surface area contributed by atoms with E-state index in [2.05, 4.69) is 55.5 Å². The fourth-order valence-corrected chi connectivity index (χ4v) is 11.4. The number of hydrogen-bond donors (Lipinski definition) is 4. The minimum Gasteiger partial charge on any atom is -0.346 e. The molecule has 0 aromatic carbocycles. The standard InChI is InChI=1S/C42H69N5O7S/c1-10-22-43-36(50)33(48)30(23-27-14-15-27)44-35(49)32-31-29(40(31,7)8)24-47(32)37(51)34(41(9)18-12-11-13-19-41)45-38(52)46-42(25-55(53,54)39(4,5)6)20-16-28(17-21-42)26(2)3/h10,26-32,34H,1,11-25H2,2-9H3,(H,43,50)(H,44,49)(H2,45,46,52)/t28?,29?,30?,31-,32-,34+,42?/m0/s1. The highest BCUT2D eigenvalue weighted by molar-refractivity contribution is 7.92. The molecule has 0 radical (unpaired) electrons. The summed E-state index contributed by atoms with van der Waals surface area (Å²) < 4.78 is 26.3. The van der Waals surface area contributed by atoms with Crippen molar-refractivity contribution in [3.63, 3.8) is 0 Å². The van der Waals surface area contributed by atoms with E-state index in [0.717, 1.165) is 44.9 Å². The summed E-state index contributed by atoms with van der Waals surface area (Å²) in [5.74, 6) is -1.41. The van der Waals surface area contributed by atoms with E-state index >= 15 is 4.79 Å². The van der Waals surface area contributed by atoms with Crippen LogP contribution in [0.4, 0.5) is 4.79 Å². The van der Waals surface area contributed by atoms with Crippen LogP contribution >= 0.6 is 0 Å². The molecule has 2 unspecified atom stereocenters. The number of ketones is 1. The summed E-state index contributed by atoms with van der Waals surface area (Å²) in [5, 5.41) is 11.7. The van der Waals surface area contributed by atoms with Gasteiger partial charge < -0.3 is 26.2 Å². The Balaban J connectivity index is 1.41. The van der Waals surface area contributed by atoms with Crippen molar-refractivity contribution in [3.8, 4) is 0 Å². The smallest absolute Gasteiger partial charge is 0.315 e. The summed E-state index contributed by atoms with van der Waals surface area (Å²) in [7, 11) is -3.60. The first kappa shape index (κ1) is 43.2. The zero-order valence-corrected chi connectivity index (χ0v) is 35.5. The number of likely N-dealkylation sites (tertiary alicyclic amines) is 1. The number of rotatable bonds is 15. The number of piperidine rings is 1. The summed E-state index contributed by atoms with van der Waals surface area (Å²) in [6.45, 7) is 19.7. The highest BCUT2D eigenvalue weighted by atomic mass is 32.2. The first-order chi connectivity index (χ1) is 25.6. The van der Waals surface area contributed by atoms with E-state index in [4.69, 9.17) is 0 Å². The Morgan fingerprint density at radius 2 is 1.53 bits per heavy atom. The lowest BCUT2D eigenvalue weighted by Gasteiger charge is -2.45. The maximum Gasteiger partial charge on any atom is 0.315 e. The van der Waals surface area contributed by atoms with Gasteiger partial charge in [0.15, 0.2) is 9.84 Å². The Hall–Kier alpha value is -2.96. The molecule has 13 heteroatoms. The zero-order valence-electron chi connectivity index (χ0n) is 34.7. The average Bonchev–Trinajstić information content (AvgIpc) is 3.95. The molecule has 4 saturated carbocycles. The number of urea groups is 1. The van der Waals surface area contributed by atoms with Crippen LogP contribution in [0, 0.1) is 40.4 Å². The van der Waals surface area contributed by atoms with Gasteiger partial charge in [0.2, 0.25) is 17.6 Å². The average molecular weight is 788 g/mol. The summed E-state index contributed by atoms with van der Waals surface area (Å²) in [5.41, 5.74) is -1.78. The lowest BCUT2D eigenvalue weighted by molar-refractivity contribution is -0.146. The maximum atomic E-state index is 15.0. The maximum absolute atomic E-state index is 15.0. The Bertz CT molecular complexity index is 1600. The van der Waals surface area contributed by atoms with Crippen molar-refractivity contribution >= 4 is 39.4 Å². The lowest BCUT2D eigenvalue weighted by atomic mass is 9.70. The van der Waals surface area contributed by atoms with Gasteiger partial charge in [0.25, 0.3) is 5.91 Å². The molecule has 1 aliphatic heterocycles. The third-order valence-corrected chi connectivity index (χ3v) is 17.0. The first-order valence-corrected chi connectivity index (χ1v) is 22.6. The van der Waals surface area contributed by atoms with Crippen LogP contribution in [-0.4, -0.2) is 90.1 Å². The second kappa shape index (κ2) is 16.1. The van der Waals surface area contributed by atoms with Gasteiger partial charge in [0, 0.05) is 13.1 Å². The molecule has 55 heavy (non-hydrogen) atoms. The van der Waals surface area contributed by atoms with Gasteiger partial charge in [-0.3, -0.25) is 19.2 Å². The SMILES string of the molecule is C=CCNC(=O)C(=O)C(CC1CC1)NC(=O)[C@@H]1[C@@H]2C(CN1C(=O)[C@@H](NC(=O)NC1(CS(=O)(=O)C(C)(C)C)CCC(C(C)C)CC1)C1(C)CCCCC1)C2(C)C. The van der Waals surface area contributed by atoms with E-state index in [1.54, 1.807) is 25.7 Å². The molecule has 4 aliphatic carbocycles. The predicted molar refractivity (Wildman–Crippen MR) is 213 cm³/mol. The highest BCUT2D eigenvalue weighted by Crippen LogP contribution is 2.65. The summed E-state index contributed by atoms with van der Waals surface area (Å²) in [6.07, 6.45) is 10.6. The minimum atomic E-state index is -3.60. The summed E-state index contributed by atoms with van der Waals surface area (Å²) in [6, 6.07) is -3.40. The van der Waals surface area contributed by atoms with Gasteiger partial charge in [-0.25, -0.2) is 13.2 Å². The van der Waals surface area contributed by atoms with E-state index < -0.39 is 67.3 Å². The van der Waals surface area contributed by atoms with Gasteiger partial charge in [-0.1, -0.05) is 72.8 Å². The van der Waals surface area contributed by atoms with Gasteiger partial charge >= 0.3 is 6.03 Å². The van der Waals surface area contributed by atoms with Crippen molar-refractivity contribution < 1.29 is 32.4 Å². The molecule has 0 bridgehead atoms. The van der Waals surface area contributed by atoms with Gasteiger partial charge in [-0.2, -0.15) is 0 Å². The topological polar surface area (TPSA) is 171 Å². The molecule has 0 aromatic rings. The number of carbonyl (C=O) groups is 5. The largest absolute Gasteiger partial charge is 0.346 e. The van der Waals surface area contributed by atoms with Crippen molar-refractivity contribution in [1.82, 2.24) is 26.2 Å². The monoisotopic (exact) mass is 787 g/mol. The van der Waals surface area contributed by atoms with Crippen molar-refractivity contribution in [2.45, 2.75) is 161 Å². The number of carbonyl (C=O) groups excluding carboxylic acids is 5. The summed E-state index contributed by atoms with van der Waals surface area (Å²) in [4.78, 5) is 71.4. The van der Waals surface area contributed by atoms with E-state index in [1.165, 1.54) is 6.08 Å². The van der Waals surface area contributed by atoms with E-state index in [1.807, 2.05) is 6.92 Å². The van der Waals surface area contributed by atoms with Crippen molar-refractivity contribution in [2.24, 2.45) is 40.4 Å². The third-order valence-electron chi connectivity index (χ3n) is 14.2. The fourth-order valence-electron chi connectivity index (χ4n) is 9.90. The van der Waals surface area contributed by atoms with Crippen LogP contribution in [-0.2, 0) is 29.0 Å². The molecular weight excluding hydrogens is 719 g/mol. The van der Waals surface area contributed by atoms with Crippen molar-refractivity contribution in [1.29, 1.82) is 0 Å². The highest BCUT2D eigenvalue weighted by Gasteiger charge is 2.70. The number of sulfone groups is 1. The van der Waals surface area contributed by atoms with Gasteiger partial charge in [0.1, 0.15) is 12.1 Å². The lowest BCUT2D eigenvalue weighted by Crippen LogP contribution is -2.65. The molecule has 5 fully saturated rings. The molecule has 1 saturated heterocycles. The molecule has 5 atom stereocenters. The van der Waals surface area contributed by atoms with Crippen LogP contribution in [0.5, 0.6) is 0 Å². The van der Waals surface area contributed by atoms with Crippen LogP contribution < -0.4 is 21.3 Å². The Morgan fingerprint density at radius 3 is 2.07 bits per heavy atom. The molecular formula is C42H69N5O7S. The van der Waals surface area contributed by atoms with E-state index in [9.17, 15) is 27.6 Å². The molecule has 0 aromatic heterocycles. The molecule has 310 valence electrons. The quantitative estimate of drug-likeness (QED) is 0.133. The van der Waals surface area contributed by atoms with E-state index in [0.29, 0.717) is 50.5 Å². The minimum absolute atomic E-state index is 0.0660. The van der Waals surface area contributed by atoms with Crippen molar-refractivity contribution in [3.05, 3.63) is 12.7 Å². The Kier molecular flexibility index (Phi) is 12.7. The van der Waals surface area contributed by atoms with E-state index in [-0.39, 0.29) is 41.4 Å². The van der Waals surface area contributed by atoms with Crippen LogP contribution in [0.25, 0.3) is 0 Å². The zero-order chi connectivity index (χ0) is 40.7. The number of nitrogens with zero attached hydrogens (tertiary/aromatic N) is 1. The summed E-state index contributed by atoms with van der Waals surface area (Å²) >= 11 is 0. The van der Waals surface area contributed by atoms with Crippen LogP contribution in [0.2, 0.25) is 0 Å². The number of amides is 5. The fraction of sp³-hybridized carbons (Fsp3) is 0.833. The predicted octanol–water partition coefficient (Wildman–Crippen LogP) is 5.06. The van der Waals surface area contributed by atoms with Crippen molar-refractivity contribution in [2.75, 3.05) is 18.8 Å². The molecule has 4 N–H and O–H groups in total. The third kappa shape index (κ3) is 9.44. The van der Waals surface area contributed by atoms with Gasteiger partial charge in [-0.05, 0) is 106 Å². The molecule has 1 heterocycles. The first-order valence-electron chi connectivity index (χ1n) is 20.9. The number of fused-ring (bicyclic) bond motifs is 1. The molecule has 5 aliphatic rings. The molecule has 5 amide bonds. The number of nitrogens with one attached hydrogen (secondary N) is 4. The normalized spacial score (nSPS) is 29.7. The molecule has 5 rings (SSSR count). The van der Waals surface area contributed by atoms with Crippen LogP contribution in [0.15, 0.2) is 12.7 Å². The number of Topliss-reactive ketones (excluding diaryl/α,β-unsaturated/α-hetero) is 1. The Labute approximate surface area is 329 Å². The van der Waals surface area contributed by atoms with Crippen LogP contribution in [0.1, 0.15) is 132 Å². The second-order valence-electron chi connectivity index (χ2n) is 20.0. The second-order valence-corrected chi connectivity index (χ2v) is 22.7.